The zero-order valence-electron chi connectivity index (χ0n) is 28.4. The Kier molecular flexibility index (Phi) is 13.6. The van der Waals surface area contributed by atoms with Gasteiger partial charge in [0, 0.05) is 12.1 Å². The van der Waals surface area contributed by atoms with Crippen LogP contribution in [0.5, 0.6) is 0 Å². The van der Waals surface area contributed by atoms with Crippen LogP contribution < -0.4 is 15.9 Å². The van der Waals surface area contributed by atoms with Crippen LogP contribution in [0.4, 0.5) is 0 Å². The second kappa shape index (κ2) is 18.3. The highest BCUT2D eigenvalue weighted by Crippen LogP contribution is 2.28. The minimum atomic E-state index is -0.102. The Balaban J connectivity index is 0.000000287. The highest BCUT2D eigenvalue weighted by molar-refractivity contribution is 8.06. The Labute approximate surface area is 290 Å². The molecule has 0 spiro atoms. The minimum absolute atomic E-state index is 0.0563. The molecular weight excluding hydrogens is 626 g/mol. The number of carbonyl (C=O) groups is 2. The molecule has 4 nitrogen and oxygen atoms in total. The number of hydrogen-bond donors (Lipinski definition) is 2. The van der Waals surface area contributed by atoms with Gasteiger partial charge in [-0.15, -0.1) is 8.93 Å². The normalized spacial score (nSPS) is 20.1. The van der Waals surface area contributed by atoms with Crippen LogP contribution >= 0.6 is 17.2 Å². The van der Waals surface area contributed by atoms with Crippen LogP contribution in [0.25, 0.3) is 21.5 Å². The lowest BCUT2D eigenvalue weighted by molar-refractivity contribution is 0.0864. The molecule has 0 aliphatic heterocycles. The van der Waals surface area contributed by atoms with Crippen LogP contribution in [0.15, 0.2) is 109 Å². The average molecular weight is 677 g/mol. The van der Waals surface area contributed by atoms with Gasteiger partial charge in [0.25, 0.3) is 11.8 Å². The van der Waals surface area contributed by atoms with E-state index in [1.807, 2.05) is 67.6 Å². The van der Waals surface area contributed by atoms with Crippen molar-refractivity contribution in [1.82, 2.24) is 10.6 Å². The van der Waals surface area contributed by atoms with E-state index in [9.17, 15) is 9.59 Å². The zero-order chi connectivity index (χ0) is 33.7. The van der Waals surface area contributed by atoms with E-state index < -0.39 is 0 Å². The molecule has 4 aromatic rings. The SMILES string of the molecule is C1=CCCC=C1.C[C@@H]1C=CCCC1.Cc1ccc2ccccc2c1C(=O)NC1CCCCC1NC(=O)c1c(PP)ccc2ccccc12. The van der Waals surface area contributed by atoms with Crippen molar-refractivity contribution >= 4 is 55.9 Å². The number of rotatable bonds is 5. The third-order valence-corrected chi connectivity index (χ3v) is 11.1. The number of carbonyl (C=O) groups excluding carboxylic acids is 2. The number of benzene rings is 4. The summed E-state index contributed by atoms with van der Waals surface area (Å²) >= 11 is 0. The summed E-state index contributed by atoms with van der Waals surface area (Å²) in [6.45, 7) is 4.25. The average Bonchev–Trinajstić information content (AvgIpc) is 3.13. The maximum absolute atomic E-state index is 13.6. The van der Waals surface area contributed by atoms with E-state index in [1.54, 1.807) is 0 Å². The second-order valence-electron chi connectivity index (χ2n) is 13.0. The van der Waals surface area contributed by atoms with Crippen molar-refractivity contribution in [3.8, 4) is 0 Å². The van der Waals surface area contributed by atoms with Crippen LogP contribution in [0.1, 0.15) is 91.0 Å². The number of hydrogen-bond acceptors (Lipinski definition) is 2. The van der Waals surface area contributed by atoms with Gasteiger partial charge in [0.1, 0.15) is 0 Å². The maximum atomic E-state index is 13.6. The molecule has 4 unspecified atom stereocenters. The first kappa shape index (κ1) is 35.7. The summed E-state index contributed by atoms with van der Waals surface area (Å²) in [5, 5.41) is 11.7. The first-order valence-electron chi connectivity index (χ1n) is 17.5. The van der Waals surface area contributed by atoms with E-state index >= 15 is 0 Å². The van der Waals surface area contributed by atoms with Gasteiger partial charge in [0.05, 0.1) is 11.1 Å². The van der Waals surface area contributed by atoms with Gasteiger partial charge in [-0.25, -0.2) is 0 Å². The molecule has 48 heavy (non-hydrogen) atoms. The second-order valence-corrected chi connectivity index (χ2v) is 14.7. The molecule has 0 heterocycles. The Morgan fingerprint density at radius 3 is 1.73 bits per heavy atom. The number of nitrogens with one attached hydrogen (secondary N) is 2. The van der Waals surface area contributed by atoms with Gasteiger partial charge in [-0.1, -0.05) is 137 Å². The molecule has 0 saturated heterocycles. The summed E-state index contributed by atoms with van der Waals surface area (Å²) in [7, 11) is 3.20. The third-order valence-electron chi connectivity index (χ3n) is 9.45. The molecule has 1 saturated carbocycles. The number of allylic oxidation sites excluding steroid dienone is 6. The van der Waals surface area contributed by atoms with Crippen molar-refractivity contribution in [1.29, 1.82) is 0 Å². The molecule has 0 radical (unpaired) electrons. The van der Waals surface area contributed by atoms with E-state index in [-0.39, 0.29) is 23.9 Å². The van der Waals surface area contributed by atoms with Crippen molar-refractivity contribution in [2.45, 2.75) is 83.7 Å². The van der Waals surface area contributed by atoms with Crippen molar-refractivity contribution in [2.24, 2.45) is 5.92 Å². The molecule has 3 aliphatic rings. The Hall–Kier alpha value is -3.58. The van der Waals surface area contributed by atoms with Crippen molar-refractivity contribution in [3.63, 3.8) is 0 Å². The van der Waals surface area contributed by atoms with Gasteiger partial charge in [0.15, 0.2) is 0 Å². The quantitative estimate of drug-likeness (QED) is 0.163. The van der Waals surface area contributed by atoms with E-state index in [1.165, 1.54) is 32.1 Å². The summed E-state index contributed by atoms with van der Waals surface area (Å²) in [5.41, 5.74) is 2.43. The van der Waals surface area contributed by atoms with Gasteiger partial charge >= 0.3 is 0 Å². The Morgan fingerprint density at radius 1 is 0.667 bits per heavy atom. The fourth-order valence-corrected chi connectivity index (χ4v) is 8.09. The predicted octanol–water partition coefficient (Wildman–Crippen LogP) is 10.1. The van der Waals surface area contributed by atoms with Crippen LogP contribution in [-0.4, -0.2) is 23.9 Å². The Bertz CT molecular complexity index is 1780. The lowest BCUT2D eigenvalue weighted by Crippen LogP contribution is -2.53. The molecule has 1 fully saturated rings. The highest BCUT2D eigenvalue weighted by Gasteiger charge is 2.30. The van der Waals surface area contributed by atoms with Gasteiger partial charge in [-0.3, -0.25) is 9.59 Å². The van der Waals surface area contributed by atoms with Crippen LogP contribution in [-0.2, 0) is 0 Å². The molecule has 250 valence electrons. The minimum Gasteiger partial charge on any atom is -0.347 e. The fourth-order valence-electron chi connectivity index (χ4n) is 6.80. The predicted molar refractivity (Wildman–Crippen MR) is 211 cm³/mol. The number of aryl methyl sites for hydroxylation is 1. The molecule has 4 aromatic carbocycles. The van der Waals surface area contributed by atoms with Gasteiger partial charge in [-0.05, 0) is 90.2 Å². The van der Waals surface area contributed by atoms with Crippen molar-refractivity contribution in [2.75, 3.05) is 0 Å². The van der Waals surface area contributed by atoms with E-state index in [0.717, 1.165) is 75.1 Å². The first-order valence-corrected chi connectivity index (χ1v) is 20.3. The molecule has 0 aromatic heterocycles. The largest absolute Gasteiger partial charge is 0.347 e. The topological polar surface area (TPSA) is 58.2 Å². The highest BCUT2D eigenvalue weighted by atomic mass is 32.0. The molecule has 5 atom stereocenters. The molecule has 6 heteroatoms. The van der Waals surface area contributed by atoms with Crippen molar-refractivity contribution < 1.29 is 9.59 Å². The van der Waals surface area contributed by atoms with Crippen LogP contribution in [0.2, 0.25) is 0 Å². The number of fused-ring (bicyclic) bond motifs is 2. The van der Waals surface area contributed by atoms with Gasteiger partial charge < -0.3 is 10.6 Å². The fraction of sp³-hybridized carbons (Fsp3) is 0.333. The summed E-state index contributed by atoms with van der Waals surface area (Å²) < 4.78 is 0. The number of amides is 2. The van der Waals surface area contributed by atoms with Gasteiger partial charge in [0.2, 0.25) is 0 Å². The monoisotopic (exact) mass is 676 g/mol. The van der Waals surface area contributed by atoms with Crippen molar-refractivity contribution in [3.05, 3.63) is 126 Å². The molecule has 7 rings (SSSR count). The maximum Gasteiger partial charge on any atom is 0.252 e. The Morgan fingerprint density at radius 2 is 1.23 bits per heavy atom. The molecule has 2 amide bonds. The summed E-state index contributed by atoms with van der Waals surface area (Å²) in [6.07, 6.45) is 23.5. The van der Waals surface area contributed by atoms with E-state index in [0.29, 0.717) is 8.27 Å². The summed E-state index contributed by atoms with van der Waals surface area (Å²) in [4.78, 5) is 27.1. The third kappa shape index (κ3) is 9.52. The van der Waals surface area contributed by atoms with Crippen LogP contribution in [0, 0.1) is 12.8 Å². The molecule has 2 N–H and O–H groups in total. The lowest BCUT2D eigenvalue weighted by Gasteiger charge is -2.33. The lowest BCUT2D eigenvalue weighted by atomic mass is 9.89. The zero-order valence-corrected chi connectivity index (χ0v) is 30.5. The smallest absolute Gasteiger partial charge is 0.252 e. The molecular formula is C42H50N2O2P2. The molecule has 0 bridgehead atoms. The standard InChI is InChI=1S/C29H30N2O2P2.C7H12.C6H8/c1-18-14-15-19-8-2-4-10-21(19)26(18)28(32)30-23-12-6-7-13-24(23)31-29(33)27-22-11-5-3-9-20(22)16-17-25(27)35-34;1-7-5-3-2-4-6-7;1-2-4-6-5-3-1/h2-5,8-11,14-17,23-24,35H,6-7,12-13,34H2,1H3,(H,30,32)(H,31,33);3,5,7H,2,4,6H2,1H3;1-4H,5-6H2/t;7-;/m.1./s1. The van der Waals surface area contributed by atoms with E-state index in [2.05, 4.69) is 75.1 Å². The van der Waals surface area contributed by atoms with Crippen LogP contribution in [0.3, 0.4) is 0 Å². The van der Waals surface area contributed by atoms with E-state index in [4.69, 9.17) is 0 Å². The molecule has 3 aliphatic carbocycles. The van der Waals surface area contributed by atoms with Gasteiger partial charge in [-0.2, -0.15) is 0 Å². The summed E-state index contributed by atoms with van der Waals surface area (Å²) in [5.74, 6) is 0.732. The summed E-state index contributed by atoms with van der Waals surface area (Å²) in [6, 6.07) is 24.0. The first-order chi connectivity index (χ1) is 23.5.